The van der Waals surface area contributed by atoms with Gasteiger partial charge < -0.3 is 0 Å². The van der Waals surface area contributed by atoms with Gasteiger partial charge in [0.05, 0.1) is 0 Å². The molecule has 1 heterocycles. The molecule has 0 saturated heterocycles. The minimum Gasteiger partial charge on any atom is -0.134 e. The summed E-state index contributed by atoms with van der Waals surface area (Å²) in [6.45, 7) is 4.80. The lowest BCUT2D eigenvalue weighted by Gasteiger charge is -2.22. The van der Waals surface area contributed by atoms with Gasteiger partial charge >= 0.3 is 0 Å². The van der Waals surface area contributed by atoms with Gasteiger partial charge in [-0.25, -0.2) is 0 Å². The first kappa shape index (κ1) is 31.8. The van der Waals surface area contributed by atoms with E-state index in [0.717, 1.165) is 0 Å². The highest BCUT2D eigenvalue weighted by Crippen LogP contribution is 2.56. The summed E-state index contributed by atoms with van der Waals surface area (Å²) in [6.07, 6.45) is 0. The molecule has 12 rings (SSSR count). The lowest BCUT2D eigenvalue weighted by atomic mass is 9.81. The van der Waals surface area contributed by atoms with Crippen molar-refractivity contribution in [2.45, 2.75) is 19.3 Å². The van der Waals surface area contributed by atoms with Gasteiger partial charge in [0.25, 0.3) is 0 Å². The van der Waals surface area contributed by atoms with Crippen LogP contribution in [0.3, 0.4) is 0 Å². The molecular weight excluding hydrogens is 693 g/mol. The quantitative estimate of drug-likeness (QED) is 0.159. The Morgan fingerprint density at radius 1 is 0.357 bits per heavy atom. The van der Waals surface area contributed by atoms with E-state index in [1.54, 1.807) is 0 Å². The van der Waals surface area contributed by atoms with Crippen LogP contribution in [-0.2, 0) is 5.41 Å². The van der Waals surface area contributed by atoms with Crippen molar-refractivity contribution in [3.63, 3.8) is 0 Å². The van der Waals surface area contributed by atoms with Crippen molar-refractivity contribution >= 4 is 74.6 Å². The fourth-order valence-electron chi connectivity index (χ4n) is 9.97. The molecule has 0 bridgehead atoms. The van der Waals surface area contributed by atoms with Crippen LogP contribution in [0.1, 0.15) is 25.0 Å². The van der Waals surface area contributed by atoms with Gasteiger partial charge in [-0.15, -0.1) is 11.3 Å². The zero-order valence-electron chi connectivity index (χ0n) is 31.2. The number of fused-ring (bicyclic) bond motifs is 12. The van der Waals surface area contributed by atoms with Crippen LogP contribution in [0.2, 0.25) is 0 Å². The van der Waals surface area contributed by atoms with Crippen molar-refractivity contribution in [1.29, 1.82) is 0 Å². The molecule has 11 aromatic rings. The molecule has 10 aromatic carbocycles. The van der Waals surface area contributed by atoms with E-state index >= 15 is 0 Å². The van der Waals surface area contributed by atoms with E-state index < -0.39 is 0 Å². The van der Waals surface area contributed by atoms with Crippen molar-refractivity contribution in [3.05, 3.63) is 193 Å². The van der Waals surface area contributed by atoms with E-state index in [-0.39, 0.29) is 5.41 Å². The van der Waals surface area contributed by atoms with Crippen molar-refractivity contribution in [1.82, 2.24) is 0 Å². The maximum absolute atomic E-state index is 2.51. The van der Waals surface area contributed by atoms with E-state index in [1.165, 1.54) is 119 Å². The molecule has 1 aliphatic carbocycles. The zero-order valence-corrected chi connectivity index (χ0v) is 32.0. The van der Waals surface area contributed by atoms with E-state index in [1.807, 2.05) is 11.3 Å². The molecule has 0 atom stereocenters. The molecule has 0 spiro atoms. The first-order valence-electron chi connectivity index (χ1n) is 19.6. The van der Waals surface area contributed by atoms with Gasteiger partial charge in [-0.3, -0.25) is 0 Å². The normalized spacial score (nSPS) is 13.3. The van der Waals surface area contributed by atoms with Crippen molar-refractivity contribution < 1.29 is 0 Å². The summed E-state index contributed by atoms with van der Waals surface area (Å²) < 4.78 is 2.75. The molecule has 0 fully saturated rings. The number of hydrogen-bond acceptors (Lipinski definition) is 1. The molecule has 56 heavy (non-hydrogen) atoms. The Balaban J connectivity index is 1.09. The molecule has 262 valence electrons. The summed E-state index contributed by atoms with van der Waals surface area (Å²) in [5.74, 6) is 0. The summed E-state index contributed by atoms with van der Waals surface area (Å²) in [5.41, 5.74) is 13.0. The number of thiophene rings is 1. The van der Waals surface area contributed by atoms with Crippen LogP contribution in [0.5, 0.6) is 0 Å². The largest absolute Gasteiger partial charge is 0.134 e. The van der Waals surface area contributed by atoms with Gasteiger partial charge in [0.2, 0.25) is 0 Å². The monoisotopic (exact) mass is 728 g/mol. The second-order valence-corrected chi connectivity index (χ2v) is 17.0. The van der Waals surface area contributed by atoms with E-state index in [0.29, 0.717) is 0 Å². The van der Waals surface area contributed by atoms with Crippen LogP contribution in [0, 0.1) is 0 Å². The lowest BCUT2D eigenvalue weighted by molar-refractivity contribution is 0.661. The predicted octanol–water partition coefficient (Wildman–Crippen LogP) is 16.0. The summed E-state index contributed by atoms with van der Waals surface area (Å²) in [4.78, 5) is 0. The topological polar surface area (TPSA) is 0 Å². The molecular formula is C55H36S. The van der Waals surface area contributed by atoms with Gasteiger partial charge in [0, 0.05) is 31.2 Å². The summed E-state index contributed by atoms with van der Waals surface area (Å²) in [6, 6.07) is 68.2. The Bertz CT molecular complexity index is 3390. The van der Waals surface area contributed by atoms with E-state index in [4.69, 9.17) is 0 Å². The molecule has 1 heteroatoms. The number of hydrogen-bond donors (Lipinski definition) is 0. The lowest BCUT2D eigenvalue weighted by Crippen LogP contribution is -2.14. The average Bonchev–Trinajstić information content (AvgIpc) is 3.74. The smallest absolute Gasteiger partial charge is 0.0437 e. The molecule has 0 saturated carbocycles. The third kappa shape index (κ3) is 4.47. The van der Waals surface area contributed by atoms with Crippen LogP contribution < -0.4 is 0 Å². The van der Waals surface area contributed by atoms with Crippen LogP contribution in [0.15, 0.2) is 182 Å². The third-order valence-corrected chi connectivity index (χ3v) is 13.8. The van der Waals surface area contributed by atoms with Crippen molar-refractivity contribution in [2.24, 2.45) is 0 Å². The van der Waals surface area contributed by atoms with Crippen LogP contribution in [-0.4, -0.2) is 0 Å². The molecule has 1 aromatic heterocycles. The highest BCUT2D eigenvalue weighted by atomic mass is 32.1. The van der Waals surface area contributed by atoms with Crippen molar-refractivity contribution in [2.75, 3.05) is 0 Å². The summed E-state index contributed by atoms with van der Waals surface area (Å²) in [5, 5.41) is 13.0. The number of benzene rings is 10. The van der Waals surface area contributed by atoms with Crippen LogP contribution >= 0.6 is 11.3 Å². The second kappa shape index (κ2) is 11.7. The van der Waals surface area contributed by atoms with Gasteiger partial charge in [0.1, 0.15) is 0 Å². The summed E-state index contributed by atoms with van der Waals surface area (Å²) >= 11 is 1.95. The second-order valence-electron chi connectivity index (χ2n) is 16.0. The highest BCUT2D eigenvalue weighted by Gasteiger charge is 2.37. The number of rotatable bonds is 3. The van der Waals surface area contributed by atoms with E-state index in [2.05, 4.69) is 196 Å². The van der Waals surface area contributed by atoms with E-state index in [9.17, 15) is 0 Å². The molecule has 0 amide bonds. The first-order valence-corrected chi connectivity index (χ1v) is 20.4. The maximum Gasteiger partial charge on any atom is 0.0437 e. The minimum atomic E-state index is -0.0975. The minimum absolute atomic E-state index is 0.0975. The molecule has 0 N–H and O–H groups in total. The van der Waals surface area contributed by atoms with Crippen LogP contribution in [0.25, 0.3) is 108 Å². The SMILES string of the molecule is CC1(C)c2ccc(-c3c4ccccc4c(-c4cccc(-c5ccc6ccccc6c5)c4)c4ccccc34)cc2-c2c1ccc1c2sc2ccc3ccccc3c21. The molecule has 0 aliphatic heterocycles. The standard InChI is InChI=1S/C55H36S/c1-55(2)47-27-24-39(32-46(47)53-48(55)28-26-45-52-40-17-6-5-13-34(40)25-29-49(52)56-54(45)53)51-43-20-9-7-18-41(43)50(42-19-8-10-21-44(42)51)38-16-11-15-36(31-38)37-23-22-33-12-3-4-14-35(33)30-37/h3-32H,1-2H3. The molecule has 1 aliphatic rings. The summed E-state index contributed by atoms with van der Waals surface area (Å²) in [7, 11) is 0. The Kier molecular flexibility index (Phi) is 6.66. The Hall–Kier alpha value is -6.54. The first-order chi connectivity index (χ1) is 27.5. The zero-order chi connectivity index (χ0) is 37.1. The Morgan fingerprint density at radius 3 is 1.64 bits per heavy atom. The van der Waals surface area contributed by atoms with Gasteiger partial charge in [-0.1, -0.05) is 172 Å². The Morgan fingerprint density at radius 2 is 0.911 bits per heavy atom. The predicted molar refractivity (Wildman–Crippen MR) is 243 cm³/mol. The van der Waals surface area contributed by atoms with Gasteiger partial charge in [0.15, 0.2) is 0 Å². The van der Waals surface area contributed by atoms with Crippen molar-refractivity contribution in [3.8, 4) is 44.5 Å². The highest BCUT2D eigenvalue weighted by molar-refractivity contribution is 7.26. The Labute approximate surface area is 329 Å². The van der Waals surface area contributed by atoms with Gasteiger partial charge in [-0.2, -0.15) is 0 Å². The molecule has 0 radical (unpaired) electrons. The van der Waals surface area contributed by atoms with Gasteiger partial charge in [-0.05, 0) is 117 Å². The molecule has 0 unspecified atom stereocenters. The fraction of sp³-hybridized carbons (Fsp3) is 0.0545. The maximum atomic E-state index is 2.51. The molecule has 0 nitrogen and oxygen atoms in total. The average molecular weight is 729 g/mol. The van der Waals surface area contributed by atoms with Crippen LogP contribution in [0.4, 0.5) is 0 Å². The third-order valence-electron chi connectivity index (χ3n) is 12.6. The fourth-order valence-corrected chi connectivity index (χ4v) is 11.2.